The zero-order valence-corrected chi connectivity index (χ0v) is 15.8. The summed E-state index contributed by atoms with van der Waals surface area (Å²) >= 11 is 0. The summed E-state index contributed by atoms with van der Waals surface area (Å²) in [5, 5.41) is 6.79. The Hall–Kier alpha value is -1.89. The third-order valence-electron chi connectivity index (χ3n) is 5.69. The Morgan fingerprint density at radius 3 is 2.62 bits per heavy atom. The van der Waals surface area contributed by atoms with Crippen molar-refractivity contribution in [1.29, 1.82) is 0 Å². The smallest absolute Gasteiger partial charge is 0.254 e. The summed E-state index contributed by atoms with van der Waals surface area (Å²) in [6.07, 6.45) is 9.79. The molecule has 0 aromatic carbocycles. The van der Waals surface area contributed by atoms with E-state index in [-0.39, 0.29) is 6.04 Å². The van der Waals surface area contributed by atoms with Gasteiger partial charge in [0.1, 0.15) is 5.82 Å². The number of aromatic nitrogens is 2. The number of amides is 1. The number of nitrogens with one attached hydrogen (secondary N) is 2. The van der Waals surface area contributed by atoms with Gasteiger partial charge in [0.05, 0.1) is 11.7 Å². The van der Waals surface area contributed by atoms with Crippen LogP contribution in [0.4, 0.5) is 11.8 Å². The van der Waals surface area contributed by atoms with Gasteiger partial charge in [-0.3, -0.25) is 4.79 Å². The van der Waals surface area contributed by atoms with E-state index in [2.05, 4.69) is 27.5 Å². The van der Waals surface area contributed by atoms with Crippen LogP contribution >= 0.6 is 0 Å². The maximum absolute atomic E-state index is 11.7. The number of nitrogens with two attached hydrogens (primary N) is 1. The fourth-order valence-corrected chi connectivity index (χ4v) is 3.81. The van der Waals surface area contributed by atoms with Crippen molar-refractivity contribution in [1.82, 2.24) is 9.97 Å². The van der Waals surface area contributed by atoms with Crippen LogP contribution < -0.4 is 16.4 Å². The Morgan fingerprint density at radius 1 is 1.31 bits per heavy atom. The van der Waals surface area contributed by atoms with Gasteiger partial charge in [-0.15, -0.1) is 0 Å². The van der Waals surface area contributed by atoms with Gasteiger partial charge in [-0.25, -0.2) is 4.98 Å². The SMILES string of the molecule is CCO[C@H]1CC[C@H](Nc2ncc(C(N)=O)c(N[C@@H](C)C3CCC3)n2)CC1. The monoisotopic (exact) mass is 361 g/mol. The highest BCUT2D eigenvalue weighted by Crippen LogP contribution is 2.31. The maximum Gasteiger partial charge on any atom is 0.254 e. The van der Waals surface area contributed by atoms with E-state index in [1.165, 1.54) is 25.5 Å². The summed E-state index contributed by atoms with van der Waals surface area (Å²) in [6.45, 7) is 4.95. The van der Waals surface area contributed by atoms with Crippen LogP contribution in [0.25, 0.3) is 0 Å². The Bertz CT molecular complexity index is 612. The minimum Gasteiger partial charge on any atom is -0.379 e. The molecule has 2 saturated carbocycles. The third kappa shape index (κ3) is 4.63. The van der Waals surface area contributed by atoms with E-state index in [9.17, 15) is 4.79 Å². The molecule has 0 saturated heterocycles. The van der Waals surface area contributed by atoms with E-state index in [1.807, 2.05) is 6.92 Å². The summed E-state index contributed by atoms with van der Waals surface area (Å²) < 4.78 is 5.70. The molecule has 2 aliphatic carbocycles. The molecule has 1 atom stereocenters. The topological polar surface area (TPSA) is 102 Å². The van der Waals surface area contributed by atoms with Gasteiger partial charge in [0, 0.05) is 24.9 Å². The molecule has 1 aromatic rings. The second-order valence-electron chi connectivity index (χ2n) is 7.52. The molecule has 7 heteroatoms. The fraction of sp³-hybridized carbons (Fsp3) is 0.737. The Morgan fingerprint density at radius 2 is 2.04 bits per heavy atom. The van der Waals surface area contributed by atoms with Gasteiger partial charge in [-0.1, -0.05) is 6.42 Å². The van der Waals surface area contributed by atoms with Crippen LogP contribution in [0.5, 0.6) is 0 Å². The first-order valence-electron chi connectivity index (χ1n) is 9.88. The lowest BCUT2D eigenvalue weighted by Gasteiger charge is -2.32. The number of primary amides is 1. The summed E-state index contributed by atoms with van der Waals surface area (Å²) in [5.74, 6) is 1.23. The van der Waals surface area contributed by atoms with Gasteiger partial charge in [-0.05, 0) is 58.3 Å². The number of hydrogen-bond donors (Lipinski definition) is 3. The molecular weight excluding hydrogens is 330 g/mol. The molecule has 0 radical (unpaired) electrons. The second-order valence-corrected chi connectivity index (χ2v) is 7.52. The van der Waals surface area contributed by atoms with Gasteiger partial charge in [0.15, 0.2) is 0 Å². The van der Waals surface area contributed by atoms with Crippen LogP contribution in [0.2, 0.25) is 0 Å². The summed E-state index contributed by atoms with van der Waals surface area (Å²) in [6, 6.07) is 0.606. The quantitative estimate of drug-likeness (QED) is 0.658. The predicted octanol–water partition coefficient (Wildman–Crippen LogP) is 2.94. The number of anilines is 2. The van der Waals surface area contributed by atoms with Gasteiger partial charge in [0.25, 0.3) is 5.91 Å². The molecule has 26 heavy (non-hydrogen) atoms. The van der Waals surface area contributed by atoms with E-state index in [1.54, 1.807) is 0 Å². The molecule has 3 rings (SSSR count). The molecule has 1 heterocycles. The van der Waals surface area contributed by atoms with Crippen LogP contribution in [0.3, 0.4) is 0 Å². The highest BCUT2D eigenvalue weighted by Gasteiger charge is 2.26. The van der Waals surface area contributed by atoms with E-state index < -0.39 is 5.91 Å². The van der Waals surface area contributed by atoms with Crippen molar-refractivity contribution in [2.45, 2.75) is 77.0 Å². The number of nitrogens with zero attached hydrogens (tertiary/aromatic N) is 2. The van der Waals surface area contributed by atoms with Gasteiger partial charge in [0.2, 0.25) is 5.95 Å². The van der Waals surface area contributed by atoms with E-state index in [0.29, 0.717) is 35.4 Å². The largest absolute Gasteiger partial charge is 0.379 e. The van der Waals surface area contributed by atoms with Crippen molar-refractivity contribution in [3.05, 3.63) is 11.8 Å². The average molecular weight is 361 g/mol. The van der Waals surface area contributed by atoms with E-state index >= 15 is 0 Å². The first-order valence-corrected chi connectivity index (χ1v) is 9.88. The van der Waals surface area contributed by atoms with Crippen LogP contribution in [0.15, 0.2) is 6.20 Å². The number of hydrogen-bond acceptors (Lipinski definition) is 6. The lowest BCUT2D eigenvalue weighted by molar-refractivity contribution is 0.0346. The minimum atomic E-state index is -0.503. The zero-order valence-electron chi connectivity index (χ0n) is 15.8. The Labute approximate surface area is 155 Å². The van der Waals surface area contributed by atoms with Crippen LogP contribution in [0, 0.1) is 5.92 Å². The first kappa shape index (κ1) is 18.9. The summed E-state index contributed by atoms with van der Waals surface area (Å²) in [4.78, 5) is 20.6. The van der Waals surface area contributed by atoms with Gasteiger partial charge < -0.3 is 21.1 Å². The summed E-state index contributed by atoms with van der Waals surface area (Å²) in [5.41, 5.74) is 5.85. The lowest BCUT2D eigenvalue weighted by atomic mass is 9.80. The van der Waals surface area contributed by atoms with Crippen LogP contribution in [-0.4, -0.2) is 40.7 Å². The lowest BCUT2D eigenvalue weighted by Crippen LogP contribution is -2.33. The molecule has 1 amide bonds. The zero-order chi connectivity index (χ0) is 18.5. The normalized spacial score (nSPS) is 24.5. The van der Waals surface area contributed by atoms with Crippen molar-refractivity contribution in [2.24, 2.45) is 11.7 Å². The Balaban J connectivity index is 1.64. The number of carbonyl (C=O) groups is 1. The maximum atomic E-state index is 11.7. The minimum absolute atomic E-state index is 0.270. The fourth-order valence-electron chi connectivity index (χ4n) is 3.81. The first-order chi connectivity index (χ1) is 12.6. The molecular formula is C19H31N5O2. The molecule has 144 valence electrons. The van der Waals surface area contributed by atoms with E-state index in [0.717, 1.165) is 32.3 Å². The molecule has 0 aliphatic heterocycles. The highest BCUT2D eigenvalue weighted by atomic mass is 16.5. The molecule has 4 N–H and O–H groups in total. The van der Waals surface area contributed by atoms with Crippen molar-refractivity contribution < 1.29 is 9.53 Å². The van der Waals surface area contributed by atoms with Crippen LogP contribution in [0.1, 0.15) is 69.2 Å². The average Bonchev–Trinajstić information content (AvgIpc) is 2.55. The molecule has 2 fully saturated rings. The molecule has 2 aliphatic rings. The van der Waals surface area contributed by atoms with Crippen molar-refractivity contribution in [2.75, 3.05) is 17.2 Å². The second kappa shape index (κ2) is 8.66. The Kier molecular flexibility index (Phi) is 6.29. The van der Waals surface area contributed by atoms with Crippen LogP contribution in [-0.2, 0) is 4.74 Å². The van der Waals surface area contributed by atoms with Crippen molar-refractivity contribution in [3.8, 4) is 0 Å². The number of ether oxygens (including phenoxy) is 1. The molecule has 1 aromatic heterocycles. The standard InChI is InChI=1S/C19H31N5O2/c1-3-26-15-9-7-14(8-10-15)23-19-21-11-16(17(20)25)18(24-19)22-12(2)13-5-4-6-13/h11-15H,3-10H2,1-2H3,(H2,20,25)(H2,21,22,23,24)/t12-,14-,15-/m0/s1. The highest BCUT2D eigenvalue weighted by molar-refractivity contribution is 5.97. The molecule has 0 unspecified atom stereocenters. The predicted molar refractivity (Wildman–Crippen MR) is 102 cm³/mol. The number of carbonyl (C=O) groups excluding carboxylic acids is 1. The van der Waals surface area contributed by atoms with E-state index in [4.69, 9.17) is 10.5 Å². The molecule has 0 spiro atoms. The van der Waals surface area contributed by atoms with Crippen molar-refractivity contribution in [3.63, 3.8) is 0 Å². The molecule has 0 bridgehead atoms. The summed E-state index contributed by atoms with van der Waals surface area (Å²) in [7, 11) is 0. The number of rotatable bonds is 8. The van der Waals surface area contributed by atoms with Gasteiger partial charge >= 0.3 is 0 Å². The molecule has 7 nitrogen and oxygen atoms in total. The van der Waals surface area contributed by atoms with Crippen molar-refractivity contribution >= 4 is 17.7 Å². The third-order valence-corrected chi connectivity index (χ3v) is 5.69. The van der Waals surface area contributed by atoms with Gasteiger partial charge in [-0.2, -0.15) is 4.98 Å².